The minimum atomic E-state index is 0.254. The Kier molecular flexibility index (Phi) is 4.34. The highest BCUT2D eigenvalue weighted by Gasteiger charge is 2.21. The Morgan fingerprint density at radius 1 is 1.29 bits per heavy atom. The molecule has 3 N–H and O–H groups in total. The summed E-state index contributed by atoms with van der Waals surface area (Å²) in [5.74, 6) is 1.32. The lowest BCUT2D eigenvalue weighted by Crippen LogP contribution is -2.39. The Hall–Kier alpha value is -0.680. The normalized spacial score (nSPS) is 25.9. The van der Waals surface area contributed by atoms with Gasteiger partial charge in [0, 0.05) is 29.5 Å². The molecule has 1 aromatic rings. The van der Waals surface area contributed by atoms with E-state index in [2.05, 4.69) is 28.5 Å². The largest absolute Gasteiger partial charge is 0.356 e. The summed E-state index contributed by atoms with van der Waals surface area (Å²) < 4.78 is 4.36. The van der Waals surface area contributed by atoms with Gasteiger partial charge in [0.2, 0.25) is 5.13 Å². The molecular formula is C12H22N4S. The standard InChI is InChI=1S/C12H22N4S/c1-8(2)11-15-12(17-16-11)14-10-7-5-3-4-6-9(10)13/h8-10H,3-7,13H2,1-2H3,(H,14,15,16). The molecule has 0 radical (unpaired) electrons. The monoisotopic (exact) mass is 254 g/mol. The van der Waals surface area contributed by atoms with Crippen LogP contribution < -0.4 is 11.1 Å². The van der Waals surface area contributed by atoms with Gasteiger partial charge in [0.1, 0.15) is 5.82 Å². The van der Waals surface area contributed by atoms with Crippen LogP contribution in [0.1, 0.15) is 57.7 Å². The van der Waals surface area contributed by atoms with Crippen molar-refractivity contribution in [2.75, 3.05) is 5.32 Å². The fraction of sp³-hybridized carbons (Fsp3) is 0.833. The molecule has 5 heteroatoms. The summed E-state index contributed by atoms with van der Waals surface area (Å²) in [5, 5.41) is 4.39. The van der Waals surface area contributed by atoms with E-state index in [0.717, 1.165) is 23.8 Å². The van der Waals surface area contributed by atoms with Crippen LogP contribution in [-0.2, 0) is 0 Å². The second-order valence-electron chi connectivity index (χ2n) is 5.17. The third kappa shape index (κ3) is 3.39. The zero-order valence-electron chi connectivity index (χ0n) is 10.6. The molecule has 4 nitrogen and oxygen atoms in total. The minimum absolute atomic E-state index is 0.254. The average molecular weight is 254 g/mol. The fourth-order valence-electron chi connectivity index (χ4n) is 2.20. The average Bonchev–Trinajstić information content (AvgIpc) is 2.66. The van der Waals surface area contributed by atoms with Crippen molar-refractivity contribution in [2.24, 2.45) is 5.73 Å². The molecule has 2 rings (SSSR count). The Morgan fingerprint density at radius 3 is 2.76 bits per heavy atom. The fourth-order valence-corrected chi connectivity index (χ4v) is 2.97. The van der Waals surface area contributed by atoms with Crippen molar-refractivity contribution in [3.05, 3.63) is 5.82 Å². The van der Waals surface area contributed by atoms with Gasteiger partial charge in [-0.15, -0.1) is 0 Å². The molecule has 0 spiro atoms. The molecule has 2 atom stereocenters. The van der Waals surface area contributed by atoms with Crippen molar-refractivity contribution in [1.29, 1.82) is 0 Å². The number of rotatable bonds is 3. The van der Waals surface area contributed by atoms with Gasteiger partial charge in [-0.2, -0.15) is 4.37 Å². The van der Waals surface area contributed by atoms with Gasteiger partial charge >= 0.3 is 0 Å². The Labute approximate surface area is 107 Å². The number of nitrogens with one attached hydrogen (secondary N) is 1. The predicted octanol–water partition coefficient (Wildman–Crippen LogP) is 2.73. The second-order valence-corrected chi connectivity index (χ2v) is 5.92. The number of aromatic nitrogens is 2. The molecule has 0 amide bonds. The minimum Gasteiger partial charge on any atom is -0.356 e. The molecule has 1 fully saturated rings. The molecule has 96 valence electrons. The van der Waals surface area contributed by atoms with E-state index < -0.39 is 0 Å². The zero-order valence-corrected chi connectivity index (χ0v) is 11.5. The van der Waals surface area contributed by atoms with Crippen LogP contribution in [0.3, 0.4) is 0 Å². The molecule has 0 aromatic carbocycles. The molecule has 17 heavy (non-hydrogen) atoms. The van der Waals surface area contributed by atoms with Crippen molar-refractivity contribution < 1.29 is 0 Å². The SMILES string of the molecule is CC(C)c1nsc(NC2CCCCCC2N)n1. The van der Waals surface area contributed by atoms with Gasteiger partial charge in [-0.3, -0.25) is 0 Å². The summed E-state index contributed by atoms with van der Waals surface area (Å²) in [7, 11) is 0. The van der Waals surface area contributed by atoms with Crippen LogP contribution >= 0.6 is 11.5 Å². The first-order valence-electron chi connectivity index (χ1n) is 6.52. The molecule has 0 aliphatic heterocycles. The highest BCUT2D eigenvalue weighted by molar-refractivity contribution is 7.09. The van der Waals surface area contributed by atoms with Gasteiger partial charge in [-0.25, -0.2) is 4.98 Å². The molecule has 1 heterocycles. The van der Waals surface area contributed by atoms with Gasteiger partial charge in [0.25, 0.3) is 0 Å². The number of nitrogens with two attached hydrogens (primary N) is 1. The summed E-state index contributed by atoms with van der Waals surface area (Å²) in [4.78, 5) is 4.51. The predicted molar refractivity (Wildman–Crippen MR) is 72.5 cm³/mol. The quantitative estimate of drug-likeness (QED) is 0.814. The van der Waals surface area contributed by atoms with Crippen molar-refractivity contribution in [3.8, 4) is 0 Å². The van der Waals surface area contributed by atoms with Crippen molar-refractivity contribution >= 4 is 16.7 Å². The van der Waals surface area contributed by atoms with E-state index in [-0.39, 0.29) is 6.04 Å². The van der Waals surface area contributed by atoms with E-state index >= 15 is 0 Å². The molecule has 1 saturated carbocycles. The van der Waals surface area contributed by atoms with Gasteiger partial charge in [-0.1, -0.05) is 33.1 Å². The topological polar surface area (TPSA) is 63.8 Å². The van der Waals surface area contributed by atoms with E-state index in [0.29, 0.717) is 12.0 Å². The molecule has 0 saturated heterocycles. The van der Waals surface area contributed by atoms with Gasteiger partial charge < -0.3 is 11.1 Å². The number of hydrogen-bond acceptors (Lipinski definition) is 5. The first-order valence-corrected chi connectivity index (χ1v) is 7.30. The first-order chi connectivity index (χ1) is 8.16. The van der Waals surface area contributed by atoms with Crippen LogP contribution in [0.2, 0.25) is 0 Å². The molecule has 1 aliphatic rings. The molecular weight excluding hydrogens is 232 g/mol. The van der Waals surface area contributed by atoms with Gasteiger partial charge in [0.05, 0.1) is 0 Å². The van der Waals surface area contributed by atoms with E-state index in [1.165, 1.54) is 30.8 Å². The van der Waals surface area contributed by atoms with E-state index in [1.54, 1.807) is 0 Å². The highest BCUT2D eigenvalue weighted by Crippen LogP contribution is 2.23. The highest BCUT2D eigenvalue weighted by atomic mass is 32.1. The van der Waals surface area contributed by atoms with E-state index in [9.17, 15) is 0 Å². The third-order valence-electron chi connectivity index (χ3n) is 3.34. The summed E-state index contributed by atoms with van der Waals surface area (Å²) in [6.45, 7) is 4.23. The second kappa shape index (κ2) is 5.78. The summed E-state index contributed by atoms with van der Waals surface area (Å²) in [5.41, 5.74) is 6.19. The number of hydrogen-bond donors (Lipinski definition) is 2. The van der Waals surface area contributed by atoms with Crippen LogP contribution in [0, 0.1) is 0 Å². The van der Waals surface area contributed by atoms with Gasteiger partial charge in [0.15, 0.2) is 0 Å². The molecule has 2 unspecified atom stereocenters. The lowest BCUT2D eigenvalue weighted by Gasteiger charge is -2.21. The van der Waals surface area contributed by atoms with E-state index in [4.69, 9.17) is 5.73 Å². The van der Waals surface area contributed by atoms with Crippen LogP contribution in [0.4, 0.5) is 5.13 Å². The van der Waals surface area contributed by atoms with Crippen LogP contribution in [0.25, 0.3) is 0 Å². The van der Waals surface area contributed by atoms with Crippen molar-refractivity contribution in [1.82, 2.24) is 9.36 Å². The lowest BCUT2D eigenvalue weighted by atomic mass is 10.0. The first kappa shape index (κ1) is 12.8. The van der Waals surface area contributed by atoms with Crippen LogP contribution in [0.15, 0.2) is 0 Å². The maximum absolute atomic E-state index is 6.19. The summed E-state index contributed by atoms with van der Waals surface area (Å²) in [6, 6.07) is 0.620. The maximum atomic E-state index is 6.19. The Morgan fingerprint density at radius 2 is 2.06 bits per heavy atom. The van der Waals surface area contributed by atoms with Crippen molar-refractivity contribution in [2.45, 2.75) is 64.0 Å². The Bertz CT molecular complexity index is 350. The van der Waals surface area contributed by atoms with Gasteiger partial charge in [-0.05, 0) is 12.8 Å². The zero-order chi connectivity index (χ0) is 12.3. The molecule has 0 bridgehead atoms. The lowest BCUT2D eigenvalue weighted by molar-refractivity contribution is 0.528. The Balaban J connectivity index is 1.98. The van der Waals surface area contributed by atoms with Crippen LogP contribution in [0.5, 0.6) is 0 Å². The third-order valence-corrected chi connectivity index (χ3v) is 4.00. The smallest absolute Gasteiger partial charge is 0.202 e. The van der Waals surface area contributed by atoms with E-state index in [1.807, 2.05) is 0 Å². The molecule has 1 aliphatic carbocycles. The van der Waals surface area contributed by atoms with Crippen molar-refractivity contribution in [3.63, 3.8) is 0 Å². The molecule has 1 aromatic heterocycles. The van der Waals surface area contributed by atoms with Crippen LogP contribution in [-0.4, -0.2) is 21.4 Å². The number of anilines is 1. The maximum Gasteiger partial charge on any atom is 0.202 e. The number of nitrogens with zero attached hydrogens (tertiary/aromatic N) is 2. The summed E-state index contributed by atoms with van der Waals surface area (Å²) in [6.07, 6.45) is 6.10. The summed E-state index contributed by atoms with van der Waals surface area (Å²) >= 11 is 1.45.